The minimum Gasteiger partial charge on any atom is -0.482 e. The van der Waals surface area contributed by atoms with Crippen LogP contribution in [0, 0.1) is 22.7 Å². The Kier molecular flexibility index (Phi) is 3.36. The number of ketones is 2. The van der Waals surface area contributed by atoms with E-state index >= 15 is 0 Å². The van der Waals surface area contributed by atoms with Crippen LogP contribution in [-0.2, 0) is 14.3 Å². The van der Waals surface area contributed by atoms with Crippen molar-refractivity contribution < 1.29 is 14.3 Å². The molecule has 0 saturated heterocycles. The van der Waals surface area contributed by atoms with Crippen LogP contribution in [0.1, 0.15) is 66.2 Å². The number of carbonyl (C=O) groups is 2. The van der Waals surface area contributed by atoms with Crippen molar-refractivity contribution in [3.63, 3.8) is 0 Å². The Balaban J connectivity index is 1.89. The van der Waals surface area contributed by atoms with Crippen molar-refractivity contribution in [2.45, 2.75) is 71.8 Å². The van der Waals surface area contributed by atoms with Crippen molar-refractivity contribution >= 4 is 11.6 Å². The molecule has 0 unspecified atom stereocenters. The molecule has 0 amide bonds. The predicted octanol–water partition coefficient (Wildman–Crippen LogP) is 3.66. The molecular weight excluding hydrogens is 314 g/mol. The molecule has 0 aromatic heterocycles. The second-order valence-electron chi connectivity index (χ2n) is 9.56. The molecule has 4 rings (SSSR count). The largest absolute Gasteiger partial charge is 0.482 e. The molecular formula is C21H29NO3. The molecule has 4 nitrogen and oxygen atoms in total. The van der Waals surface area contributed by atoms with Crippen LogP contribution in [0.3, 0.4) is 0 Å². The maximum atomic E-state index is 12.6. The van der Waals surface area contributed by atoms with Crippen LogP contribution in [0.25, 0.3) is 0 Å². The van der Waals surface area contributed by atoms with Gasteiger partial charge in [-0.15, -0.1) is 0 Å². The minimum atomic E-state index is -0.346. The van der Waals surface area contributed by atoms with E-state index < -0.39 is 0 Å². The summed E-state index contributed by atoms with van der Waals surface area (Å²) in [6.07, 6.45) is 7.40. The van der Waals surface area contributed by atoms with Gasteiger partial charge in [0.05, 0.1) is 5.70 Å². The van der Waals surface area contributed by atoms with Crippen molar-refractivity contribution in [1.82, 2.24) is 0 Å². The summed E-state index contributed by atoms with van der Waals surface area (Å²) in [5.41, 5.74) is 6.06. The smallest absolute Gasteiger partial charge is 0.223 e. The molecule has 0 radical (unpaired) electrons. The molecule has 0 aromatic rings. The van der Waals surface area contributed by atoms with E-state index in [1.807, 2.05) is 0 Å². The van der Waals surface area contributed by atoms with E-state index in [9.17, 15) is 9.59 Å². The lowest BCUT2D eigenvalue weighted by Crippen LogP contribution is -2.66. The first kappa shape index (κ1) is 16.9. The molecule has 136 valence electrons. The molecule has 1 spiro atoms. The monoisotopic (exact) mass is 343 g/mol. The van der Waals surface area contributed by atoms with Gasteiger partial charge in [0.15, 0.2) is 5.76 Å². The summed E-state index contributed by atoms with van der Waals surface area (Å²) in [6.45, 7) is 9.24. The van der Waals surface area contributed by atoms with Gasteiger partial charge < -0.3 is 10.5 Å². The quantitative estimate of drug-likeness (QED) is 0.682. The number of nitrogens with two attached hydrogens (primary N) is 1. The Hall–Kier alpha value is -1.58. The van der Waals surface area contributed by atoms with E-state index in [0.29, 0.717) is 23.8 Å². The van der Waals surface area contributed by atoms with Crippen LogP contribution >= 0.6 is 0 Å². The first-order valence-corrected chi connectivity index (χ1v) is 9.61. The van der Waals surface area contributed by atoms with Gasteiger partial charge in [-0.2, -0.15) is 0 Å². The third-order valence-corrected chi connectivity index (χ3v) is 7.97. The van der Waals surface area contributed by atoms with Crippen LogP contribution in [0.4, 0.5) is 0 Å². The fourth-order valence-corrected chi connectivity index (χ4v) is 6.33. The number of carbonyl (C=O) groups excluding carboxylic acids is 2. The number of hydrogen-bond acceptors (Lipinski definition) is 4. The van der Waals surface area contributed by atoms with E-state index in [-0.39, 0.29) is 39.5 Å². The van der Waals surface area contributed by atoms with Crippen LogP contribution in [-0.4, -0.2) is 17.2 Å². The van der Waals surface area contributed by atoms with Gasteiger partial charge in [0, 0.05) is 23.0 Å². The summed E-state index contributed by atoms with van der Waals surface area (Å²) in [6, 6.07) is 0. The van der Waals surface area contributed by atoms with E-state index in [0.717, 1.165) is 25.7 Å². The number of ether oxygens (including phenoxy) is 1. The molecule has 0 aromatic carbocycles. The summed E-state index contributed by atoms with van der Waals surface area (Å²) < 4.78 is 6.64. The topological polar surface area (TPSA) is 69.4 Å². The van der Waals surface area contributed by atoms with E-state index in [1.54, 1.807) is 0 Å². The van der Waals surface area contributed by atoms with Crippen LogP contribution in [0.5, 0.6) is 0 Å². The molecule has 3 aliphatic carbocycles. The van der Waals surface area contributed by atoms with Gasteiger partial charge in [0.25, 0.3) is 0 Å². The lowest BCUT2D eigenvalue weighted by Gasteiger charge is -2.66. The second kappa shape index (κ2) is 4.99. The fraction of sp³-hybridized carbons (Fsp3) is 0.714. The molecule has 1 aliphatic heterocycles. The van der Waals surface area contributed by atoms with Gasteiger partial charge in [-0.1, -0.05) is 27.7 Å². The summed E-state index contributed by atoms with van der Waals surface area (Å²) in [4.78, 5) is 25.2. The van der Waals surface area contributed by atoms with Gasteiger partial charge in [-0.05, 0) is 49.9 Å². The molecule has 25 heavy (non-hydrogen) atoms. The molecule has 4 aliphatic rings. The summed E-state index contributed by atoms with van der Waals surface area (Å²) in [7, 11) is 0. The Labute approximate surface area is 149 Å². The molecule has 4 atom stereocenters. The molecule has 0 bridgehead atoms. The zero-order valence-corrected chi connectivity index (χ0v) is 15.8. The van der Waals surface area contributed by atoms with E-state index in [2.05, 4.69) is 27.7 Å². The van der Waals surface area contributed by atoms with E-state index in [4.69, 9.17) is 10.5 Å². The molecule has 2 N–H and O–H groups in total. The lowest BCUT2D eigenvalue weighted by molar-refractivity contribution is -0.237. The molecule has 2 saturated carbocycles. The van der Waals surface area contributed by atoms with Gasteiger partial charge in [-0.25, -0.2) is 0 Å². The van der Waals surface area contributed by atoms with E-state index in [1.165, 1.54) is 12.5 Å². The highest BCUT2D eigenvalue weighted by Crippen LogP contribution is 2.67. The highest BCUT2D eigenvalue weighted by molar-refractivity contribution is 6.21. The van der Waals surface area contributed by atoms with Crippen molar-refractivity contribution in [3.05, 3.63) is 23.1 Å². The zero-order chi connectivity index (χ0) is 18.2. The molecule has 4 heteroatoms. The van der Waals surface area contributed by atoms with Crippen LogP contribution < -0.4 is 5.73 Å². The normalized spacial score (nSPS) is 42.8. The third-order valence-electron chi connectivity index (χ3n) is 7.97. The van der Waals surface area contributed by atoms with Crippen molar-refractivity contribution in [2.24, 2.45) is 28.4 Å². The second-order valence-corrected chi connectivity index (χ2v) is 9.56. The Bertz CT molecular complexity index is 731. The summed E-state index contributed by atoms with van der Waals surface area (Å²) in [5.74, 6) is 0.698. The van der Waals surface area contributed by atoms with Gasteiger partial charge in [-0.3, -0.25) is 9.59 Å². The zero-order valence-electron chi connectivity index (χ0n) is 15.8. The highest BCUT2D eigenvalue weighted by atomic mass is 16.5. The van der Waals surface area contributed by atoms with Crippen LogP contribution in [0.2, 0.25) is 0 Å². The number of rotatable bonds is 0. The Morgan fingerprint density at radius 1 is 1.16 bits per heavy atom. The Morgan fingerprint density at radius 3 is 2.60 bits per heavy atom. The number of Topliss-reactive ketones (excluding diaryl/α,β-unsaturated/α-hetero) is 1. The number of hydrogen-bond donors (Lipinski definition) is 1. The first-order chi connectivity index (χ1) is 11.6. The van der Waals surface area contributed by atoms with Crippen molar-refractivity contribution in [2.75, 3.05) is 0 Å². The maximum Gasteiger partial charge on any atom is 0.223 e. The fourth-order valence-electron chi connectivity index (χ4n) is 6.33. The average Bonchev–Trinajstić information content (AvgIpc) is 2.52. The number of allylic oxidation sites excluding steroid dienone is 2. The first-order valence-electron chi connectivity index (χ1n) is 9.61. The van der Waals surface area contributed by atoms with Gasteiger partial charge in [0.2, 0.25) is 11.6 Å². The van der Waals surface area contributed by atoms with Gasteiger partial charge >= 0.3 is 0 Å². The SMILES string of the molecule is C[C@H]1CC[C@@H]2C(C)(C)CCC[C@]23OC2=C(C[C@]13C)C(=O)C(N)=CC2=O. The predicted molar refractivity (Wildman–Crippen MR) is 95.4 cm³/mol. The minimum absolute atomic E-state index is 0.0517. The van der Waals surface area contributed by atoms with Crippen molar-refractivity contribution in [3.8, 4) is 0 Å². The standard InChI is InChI=1S/C21H29NO3/c1-12-6-7-16-19(2,3)8-5-9-21(16)20(12,4)11-13-17(24)14(22)10-15(23)18(13)25-21/h10,12,16H,5-9,11,22H2,1-4H3/t12-,16+,20+,21-/m0/s1. The van der Waals surface area contributed by atoms with Crippen molar-refractivity contribution in [1.29, 1.82) is 0 Å². The third kappa shape index (κ3) is 2.00. The maximum absolute atomic E-state index is 12.6. The summed E-state index contributed by atoms with van der Waals surface area (Å²) in [5, 5.41) is 0. The lowest BCUT2D eigenvalue weighted by atomic mass is 9.44. The van der Waals surface area contributed by atoms with Crippen LogP contribution in [0.15, 0.2) is 23.1 Å². The average molecular weight is 343 g/mol. The highest BCUT2D eigenvalue weighted by Gasteiger charge is 2.66. The Morgan fingerprint density at radius 2 is 1.88 bits per heavy atom. The molecule has 2 fully saturated rings. The summed E-state index contributed by atoms with van der Waals surface area (Å²) >= 11 is 0. The molecule has 1 heterocycles. The van der Waals surface area contributed by atoms with Gasteiger partial charge in [0.1, 0.15) is 5.60 Å².